The second kappa shape index (κ2) is 6.69. The first-order valence-electron chi connectivity index (χ1n) is 7.28. The van der Waals surface area contributed by atoms with E-state index in [1.165, 1.54) is 31.7 Å². The van der Waals surface area contributed by atoms with Crippen LogP contribution in [0.3, 0.4) is 0 Å². The summed E-state index contributed by atoms with van der Waals surface area (Å²) in [5.74, 6) is 0.442. The number of nitrogens with one attached hydrogen (secondary N) is 1. The summed E-state index contributed by atoms with van der Waals surface area (Å²) in [6.07, 6.45) is 8.79. The first kappa shape index (κ1) is 15.5. The van der Waals surface area contributed by atoms with Crippen molar-refractivity contribution in [2.24, 2.45) is 11.7 Å². The van der Waals surface area contributed by atoms with Crippen molar-refractivity contribution in [3.63, 3.8) is 0 Å². The van der Waals surface area contributed by atoms with Crippen molar-refractivity contribution in [1.29, 1.82) is 0 Å². The molecular weight excluding hydrogens is 276 g/mol. The Labute approximate surface area is 120 Å². The lowest BCUT2D eigenvalue weighted by molar-refractivity contribution is 0.303. The number of nitrogens with zero attached hydrogens (tertiary/aromatic N) is 2. The molecule has 0 saturated heterocycles. The van der Waals surface area contributed by atoms with Gasteiger partial charge in [0.2, 0.25) is 10.0 Å². The van der Waals surface area contributed by atoms with Gasteiger partial charge in [-0.15, -0.1) is 0 Å². The molecule has 2 rings (SSSR count). The Morgan fingerprint density at radius 3 is 2.80 bits per heavy atom. The van der Waals surface area contributed by atoms with Crippen LogP contribution in [0.5, 0.6) is 0 Å². The topological polar surface area (TPSA) is 90.0 Å². The molecule has 1 aliphatic rings. The van der Waals surface area contributed by atoms with Crippen molar-refractivity contribution in [2.45, 2.75) is 56.5 Å². The molecule has 0 bridgehead atoms. The molecule has 6 nitrogen and oxygen atoms in total. The lowest BCUT2D eigenvalue weighted by atomic mass is 9.85. The van der Waals surface area contributed by atoms with Crippen molar-refractivity contribution in [2.75, 3.05) is 6.54 Å². The van der Waals surface area contributed by atoms with Crippen molar-refractivity contribution in [3.05, 3.63) is 12.4 Å². The molecule has 20 heavy (non-hydrogen) atoms. The predicted octanol–water partition coefficient (Wildman–Crippen LogP) is 1.09. The summed E-state index contributed by atoms with van der Waals surface area (Å²) >= 11 is 0. The van der Waals surface area contributed by atoms with E-state index in [1.807, 2.05) is 6.92 Å². The van der Waals surface area contributed by atoms with Crippen molar-refractivity contribution in [1.82, 2.24) is 14.5 Å². The van der Waals surface area contributed by atoms with Gasteiger partial charge in [0, 0.05) is 18.8 Å². The summed E-state index contributed by atoms with van der Waals surface area (Å²) in [4.78, 5) is 0.216. The Morgan fingerprint density at radius 1 is 1.45 bits per heavy atom. The molecule has 0 radical (unpaired) electrons. The van der Waals surface area contributed by atoms with Gasteiger partial charge in [-0.1, -0.05) is 19.3 Å². The third-order valence-corrected chi connectivity index (χ3v) is 5.49. The van der Waals surface area contributed by atoms with Crippen molar-refractivity contribution >= 4 is 10.0 Å². The fourth-order valence-electron chi connectivity index (χ4n) is 2.78. The Kier molecular flexibility index (Phi) is 5.17. The number of hydrogen-bond donors (Lipinski definition) is 2. The average Bonchev–Trinajstić information content (AvgIpc) is 2.89. The monoisotopic (exact) mass is 300 g/mol. The van der Waals surface area contributed by atoms with Gasteiger partial charge in [0.25, 0.3) is 0 Å². The molecule has 1 heterocycles. The highest BCUT2D eigenvalue weighted by Gasteiger charge is 2.25. The van der Waals surface area contributed by atoms with E-state index in [-0.39, 0.29) is 10.9 Å². The van der Waals surface area contributed by atoms with Crippen LogP contribution in [-0.4, -0.2) is 30.8 Å². The minimum atomic E-state index is -3.48. The van der Waals surface area contributed by atoms with Gasteiger partial charge in [0.05, 0.1) is 12.7 Å². The first-order chi connectivity index (χ1) is 9.53. The van der Waals surface area contributed by atoms with E-state index < -0.39 is 10.0 Å². The summed E-state index contributed by atoms with van der Waals surface area (Å²) in [5.41, 5.74) is 5.43. The largest absolute Gasteiger partial charge is 0.329 e. The summed E-state index contributed by atoms with van der Waals surface area (Å²) < 4.78 is 29.0. The van der Waals surface area contributed by atoms with Crippen LogP contribution in [0.25, 0.3) is 0 Å². The molecule has 114 valence electrons. The molecule has 3 N–H and O–H groups in total. The molecule has 1 unspecified atom stereocenters. The van der Waals surface area contributed by atoms with Gasteiger partial charge in [-0.3, -0.25) is 4.68 Å². The molecule has 1 aliphatic carbocycles. The van der Waals surface area contributed by atoms with Crippen molar-refractivity contribution in [3.8, 4) is 0 Å². The Bertz CT molecular complexity index is 520. The fourth-order valence-corrected chi connectivity index (χ4v) is 4.05. The molecular formula is C13H24N4O2S. The highest BCUT2D eigenvalue weighted by atomic mass is 32.2. The van der Waals surface area contributed by atoms with Crippen LogP contribution in [0.1, 0.15) is 39.0 Å². The zero-order valence-electron chi connectivity index (χ0n) is 12.0. The van der Waals surface area contributed by atoms with E-state index in [4.69, 9.17) is 5.73 Å². The smallest absolute Gasteiger partial charge is 0.243 e. The summed E-state index contributed by atoms with van der Waals surface area (Å²) in [7, 11) is -3.48. The first-order valence-corrected chi connectivity index (χ1v) is 8.76. The molecule has 1 atom stereocenters. The van der Waals surface area contributed by atoms with Crippen LogP contribution in [0.15, 0.2) is 17.3 Å². The number of aromatic nitrogens is 2. The highest BCUT2D eigenvalue weighted by molar-refractivity contribution is 7.89. The van der Waals surface area contributed by atoms with Gasteiger partial charge in [0.1, 0.15) is 4.90 Å². The van der Waals surface area contributed by atoms with Gasteiger partial charge >= 0.3 is 0 Å². The molecule has 1 fully saturated rings. The van der Waals surface area contributed by atoms with Gasteiger partial charge in [-0.2, -0.15) is 5.10 Å². The lowest BCUT2D eigenvalue weighted by Gasteiger charge is -2.27. The molecule has 1 saturated carbocycles. The van der Waals surface area contributed by atoms with Crippen LogP contribution in [0, 0.1) is 5.92 Å². The average molecular weight is 300 g/mol. The number of sulfonamides is 1. The van der Waals surface area contributed by atoms with Crippen LogP contribution < -0.4 is 10.5 Å². The van der Waals surface area contributed by atoms with E-state index in [9.17, 15) is 8.42 Å². The summed E-state index contributed by atoms with van der Waals surface area (Å²) in [6.45, 7) is 2.92. The SMILES string of the molecule is CC(NS(=O)(=O)c1cnn(CCN)c1)C1CCCCC1. The zero-order chi connectivity index (χ0) is 14.6. The Hall–Kier alpha value is -0.920. The maximum atomic E-state index is 12.3. The quantitative estimate of drug-likeness (QED) is 0.823. The molecule has 0 spiro atoms. The highest BCUT2D eigenvalue weighted by Crippen LogP contribution is 2.27. The van der Waals surface area contributed by atoms with Crippen molar-refractivity contribution < 1.29 is 8.42 Å². The van der Waals surface area contributed by atoms with Gasteiger partial charge in [0.15, 0.2) is 0 Å². The van der Waals surface area contributed by atoms with E-state index in [1.54, 1.807) is 4.68 Å². The summed E-state index contributed by atoms with van der Waals surface area (Å²) in [5, 5.41) is 4.01. The molecule has 0 aromatic carbocycles. The van der Waals surface area contributed by atoms with Crippen LogP contribution in [0.2, 0.25) is 0 Å². The maximum absolute atomic E-state index is 12.3. The Morgan fingerprint density at radius 2 is 2.15 bits per heavy atom. The second-order valence-electron chi connectivity index (χ2n) is 5.54. The third-order valence-electron chi connectivity index (χ3n) is 3.98. The van der Waals surface area contributed by atoms with E-state index in [0.717, 1.165) is 12.8 Å². The minimum absolute atomic E-state index is 0.0295. The molecule has 7 heteroatoms. The van der Waals surface area contributed by atoms with Gasteiger partial charge < -0.3 is 5.73 Å². The Balaban J connectivity index is 2.01. The lowest BCUT2D eigenvalue weighted by Crippen LogP contribution is -2.38. The molecule has 0 amide bonds. The van der Waals surface area contributed by atoms with Gasteiger partial charge in [-0.25, -0.2) is 13.1 Å². The van der Waals surface area contributed by atoms with E-state index >= 15 is 0 Å². The fraction of sp³-hybridized carbons (Fsp3) is 0.769. The van der Waals surface area contributed by atoms with Crippen LogP contribution >= 0.6 is 0 Å². The number of hydrogen-bond acceptors (Lipinski definition) is 4. The predicted molar refractivity (Wildman–Crippen MR) is 77.6 cm³/mol. The maximum Gasteiger partial charge on any atom is 0.243 e. The number of nitrogens with two attached hydrogens (primary N) is 1. The van der Waals surface area contributed by atoms with E-state index in [2.05, 4.69) is 9.82 Å². The normalized spacial score (nSPS) is 19.1. The van der Waals surface area contributed by atoms with E-state index in [0.29, 0.717) is 19.0 Å². The molecule has 0 aliphatic heterocycles. The van der Waals surface area contributed by atoms with Crippen LogP contribution in [0.4, 0.5) is 0 Å². The van der Waals surface area contributed by atoms with Crippen LogP contribution in [-0.2, 0) is 16.6 Å². The summed E-state index contributed by atoms with van der Waals surface area (Å²) in [6, 6.07) is -0.0295. The standard InChI is InChI=1S/C13H24N4O2S/c1-11(12-5-3-2-4-6-12)16-20(18,19)13-9-15-17(10-13)8-7-14/h9-12,16H,2-8,14H2,1H3. The van der Waals surface area contributed by atoms with Gasteiger partial charge in [-0.05, 0) is 25.7 Å². The third kappa shape index (κ3) is 3.80. The zero-order valence-corrected chi connectivity index (χ0v) is 12.8. The number of rotatable bonds is 6. The second-order valence-corrected chi connectivity index (χ2v) is 7.25. The minimum Gasteiger partial charge on any atom is -0.329 e. The molecule has 1 aromatic rings. The molecule has 1 aromatic heterocycles.